The molecule has 0 aromatic carbocycles. The third kappa shape index (κ3) is 3.89. The van der Waals surface area contributed by atoms with Crippen molar-refractivity contribution in [3.05, 3.63) is 20.8 Å². The molecular weight excluding hydrogens is 268 g/mol. The summed E-state index contributed by atoms with van der Waals surface area (Å²) in [5.74, 6) is 0.265. The topological polar surface area (TPSA) is 92.9 Å². The van der Waals surface area contributed by atoms with E-state index in [4.69, 9.17) is 5.73 Å². The van der Waals surface area contributed by atoms with Crippen LogP contribution < -0.4 is 22.3 Å². The van der Waals surface area contributed by atoms with Crippen molar-refractivity contribution in [1.82, 2.24) is 9.55 Å². The van der Waals surface area contributed by atoms with E-state index in [-0.39, 0.29) is 11.9 Å². The molecular formula is C15H26N4O2. The van der Waals surface area contributed by atoms with Gasteiger partial charge in [0.25, 0.3) is 5.56 Å². The van der Waals surface area contributed by atoms with Crippen LogP contribution >= 0.6 is 0 Å². The molecule has 1 aliphatic rings. The van der Waals surface area contributed by atoms with Crippen molar-refractivity contribution in [3.8, 4) is 0 Å². The number of unbranched alkanes of at least 4 members (excludes halogenated alkanes) is 1. The molecule has 21 heavy (non-hydrogen) atoms. The van der Waals surface area contributed by atoms with E-state index in [0.29, 0.717) is 12.2 Å². The van der Waals surface area contributed by atoms with Gasteiger partial charge in [0.05, 0.1) is 0 Å². The largest absolute Gasteiger partial charge is 0.383 e. The minimum Gasteiger partial charge on any atom is -0.383 e. The van der Waals surface area contributed by atoms with Gasteiger partial charge in [0.2, 0.25) is 0 Å². The van der Waals surface area contributed by atoms with Crippen molar-refractivity contribution in [2.24, 2.45) is 0 Å². The van der Waals surface area contributed by atoms with Crippen LogP contribution in [-0.4, -0.2) is 15.6 Å². The predicted molar refractivity (Wildman–Crippen MR) is 85.8 cm³/mol. The summed E-state index contributed by atoms with van der Waals surface area (Å²) in [5.41, 5.74) is 5.59. The molecule has 2 rings (SSSR count). The lowest BCUT2D eigenvalue weighted by molar-refractivity contribution is 0.596. The third-order valence-electron chi connectivity index (χ3n) is 4.18. The summed E-state index contributed by atoms with van der Waals surface area (Å²) in [7, 11) is 0. The van der Waals surface area contributed by atoms with Crippen LogP contribution in [-0.2, 0) is 6.54 Å². The smallest absolute Gasteiger partial charge is 0.330 e. The number of nitrogens with zero attached hydrogens (tertiary/aromatic N) is 1. The molecule has 1 aromatic heterocycles. The molecule has 0 unspecified atom stereocenters. The molecule has 0 aliphatic heterocycles. The van der Waals surface area contributed by atoms with Gasteiger partial charge in [-0.25, -0.2) is 4.79 Å². The van der Waals surface area contributed by atoms with Gasteiger partial charge in [0, 0.05) is 12.6 Å². The number of nitrogen functional groups attached to an aromatic ring is 1. The Hall–Kier alpha value is -1.72. The van der Waals surface area contributed by atoms with Gasteiger partial charge < -0.3 is 11.1 Å². The second-order valence-corrected chi connectivity index (χ2v) is 5.86. The lowest BCUT2D eigenvalue weighted by Gasteiger charge is -2.19. The molecule has 0 spiro atoms. The highest BCUT2D eigenvalue weighted by Gasteiger charge is 2.17. The van der Waals surface area contributed by atoms with Crippen molar-refractivity contribution in [1.29, 1.82) is 0 Å². The average Bonchev–Trinajstić information content (AvgIpc) is 2.72. The van der Waals surface area contributed by atoms with E-state index < -0.39 is 11.2 Å². The molecule has 4 N–H and O–H groups in total. The molecule has 1 aliphatic carbocycles. The third-order valence-corrected chi connectivity index (χ3v) is 4.18. The first-order chi connectivity index (χ1) is 10.1. The number of H-pyrrole nitrogens is 1. The Labute approximate surface area is 124 Å². The van der Waals surface area contributed by atoms with E-state index in [2.05, 4.69) is 17.2 Å². The van der Waals surface area contributed by atoms with Gasteiger partial charge in [0.1, 0.15) is 11.5 Å². The Kier molecular flexibility index (Phi) is 5.47. The summed E-state index contributed by atoms with van der Waals surface area (Å²) < 4.78 is 1.46. The van der Waals surface area contributed by atoms with Crippen LogP contribution in [0.25, 0.3) is 0 Å². The fraction of sp³-hybridized carbons (Fsp3) is 0.733. The van der Waals surface area contributed by atoms with Gasteiger partial charge in [-0.2, -0.15) is 0 Å². The Balaban J connectivity index is 2.25. The van der Waals surface area contributed by atoms with Crippen LogP contribution in [0.5, 0.6) is 0 Å². The van der Waals surface area contributed by atoms with Crippen molar-refractivity contribution >= 4 is 11.5 Å². The molecule has 6 nitrogen and oxygen atoms in total. The normalized spacial score (nSPS) is 16.6. The number of nitrogens with one attached hydrogen (secondary N) is 2. The molecule has 1 heterocycles. The second-order valence-electron chi connectivity index (χ2n) is 5.86. The fourth-order valence-corrected chi connectivity index (χ4v) is 2.89. The minimum absolute atomic E-state index is 0.265. The molecule has 118 valence electrons. The van der Waals surface area contributed by atoms with Gasteiger partial charge in [-0.1, -0.05) is 39.0 Å². The maximum Gasteiger partial charge on any atom is 0.330 e. The number of nitrogens with two attached hydrogens (primary N) is 1. The van der Waals surface area contributed by atoms with Crippen LogP contribution in [0.3, 0.4) is 0 Å². The first kappa shape index (κ1) is 15.7. The second kappa shape index (κ2) is 7.33. The molecule has 1 saturated carbocycles. The van der Waals surface area contributed by atoms with Gasteiger partial charge in [0.15, 0.2) is 0 Å². The molecule has 1 fully saturated rings. The standard InChI is InChI=1S/C15H26N4O2/c1-2-3-10-19-13(16)12(14(20)18-15(19)21)17-11-8-6-4-5-7-9-11/h11,17H,2-10,16H2,1H3,(H,18,20,21). The number of anilines is 2. The molecule has 6 heteroatoms. The summed E-state index contributed by atoms with van der Waals surface area (Å²) in [6.07, 6.45) is 8.77. The first-order valence-corrected chi connectivity index (χ1v) is 8.02. The molecule has 0 saturated heterocycles. The SMILES string of the molecule is CCCCn1c(N)c(NC2CCCCCC2)c(=O)[nH]c1=O. The summed E-state index contributed by atoms with van der Waals surface area (Å²) in [4.78, 5) is 26.3. The maximum atomic E-state index is 12.0. The zero-order valence-corrected chi connectivity index (χ0v) is 12.8. The Morgan fingerprint density at radius 2 is 1.90 bits per heavy atom. The number of aromatic nitrogens is 2. The van der Waals surface area contributed by atoms with Gasteiger partial charge in [-0.05, 0) is 19.3 Å². The highest BCUT2D eigenvalue weighted by atomic mass is 16.2. The van der Waals surface area contributed by atoms with Crippen molar-refractivity contribution in [2.75, 3.05) is 11.1 Å². The van der Waals surface area contributed by atoms with Crippen LogP contribution in [0.4, 0.5) is 11.5 Å². The lowest BCUT2D eigenvalue weighted by Crippen LogP contribution is -2.36. The van der Waals surface area contributed by atoms with Crippen LogP contribution in [0, 0.1) is 0 Å². The molecule has 0 bridgehead atoms. The van der Waals surface area contributed by atoms with Crippen molar-refractivity contribution < 1.29 is 0 Å². The van der Waals surface area contributed by atoms with E-state index in [1.165, 1.54) is 30.3 Å². The lowest BCUT2D eigenvalue weighted by atomic mass is 10.1. The molecule has 1 aromatic rings. The number of aromatic amines is 1. The quantitative estimate of drug-likeness (QED) is 0.725. The van der Waals surface area contributed by atoms with E-state index in [1.807, 2.05) is 0 Å². The van der Waals surface area contributed by atoms with Crippen LogP contribution in [0.15, 0.2) is 9.59 Å². The maximum absolute atomic E-state index is 12.0. The monoisotopic (exact) mass is 294 g/mol. The summed E-state index contributed by atoms with van der Waals surface area (Å²) in [6, 6.07) is 0.271. The van der Waals surface area contributed by atoms with Crippen molar-refractivity contribution in [3.63, 3.8) is 0 Å². The van der Waals surface area contributed by atoms with Crippen LogP contribution in [0.1, 0.15) is 58.3 Å². The van der Waals surface area contributed by atoms with Crippen molar-refractivity contribution in [2.45, 2.75) is 70.9 Å². The van der Waals surface area contributed by atoms with Gasteiger partial charge in [-0.3, -0.25) is 14.3 Å². The predicted octanol–water partition coefficient (Wildman–Crippen LogP) is 2.05. The number of rotatable bonds is 5. The first-order valence-electron chi connectivity index (χ1n) is 8.02. The van der Waals surface area contributed by atoms with E-state index in [1.54, 1.807) is 0 Å². The Morgan fingerprint density at radius 3 is 2.52 bits per heavy atom. The molecule has 0 atom stereocenters. The zero-order valence-electron chi connectivity index (χ0n) is 12.8. The zero-order chi connectivity index (χ0) is 15.2. The highest BCUT2D eigenvalue weighted by Crippen LogP contribution is 2.21. The summed E-state index contributed by atoms with van der Waals surface area (Å²) in [5, 5.41) is 3.27. The Bertz CT molecular complexity index is 568. The van der Waals surface area contributed by atoms with Gasteiger partial charge in [-0.15, -0.1) is 0 Å². The summed E-state index contributed by atoms with van der Waals surface area (Å²) in [6.45, 7) is 2.59. The minimum atomic E-state index is -0.419. The molecule has 0 radical (unpaired) electrons. The van der Waals surface area contributed by atoms with E-state index in [9.17, 15) is 9.59 Å². The fourth-order valence-electron chi connectivity index (χ4n) is 2.89. The highest BCUT2D eigenvalue weighted by molar-refractivity contribution is 5.60. The molecule has 0 amide bonds. The van der Waals surface area contributed by atoms with E-state index in [0.717, 1.165) is 25.7 Å². The number of hydrogen-bond acceptors (Lipinski definition) is 4. The van der Waals surface area contributed by atoms with Gasteiger partial charge >= 0.3 is 5.69 Å². The number of hydrogen-bond donors (Lipinski definition) is 3. The van der Waals surface area contributed by atoms with E-state index >= 15 is 0 Å². The average molecular weight is 294 g/mol. The van der Waals surface area contributed by atoms with Crippen LogP contribution in [0.2, 0.25) is 0 Å². The Morgan fingerprint density at radius 1 is 1.24 bits per heavy atom. The summed E-state index contributed by atoms with van der Waals surface area (Å²) >= 11 is 0.